The lowest BCUT2D eigenvalue weighted by Gasteiger charge is -2.36. The highest BCUT2D eigenvalue weighted by molar-refractivity contribution is 5.71. The number of cyclic esters (lactones) is 1. The second-order valence-electron chi connectivity index (χ2n) is 4.35. The van der Waals surface area contributed by atoms with Gasteiger partial charge in [-0.05, 0) is 32.7 Å². The fraction of sp³-hybridized carbons (Fsp3) is 0.900. The molecule has 0 aliphatic carbocycles. The number of nitrogens with one attached hydrogen (secondary N) is 1. The summed E-state index contributed by atoms with van der Waals surface area (Å²) in [6.07, 6.45) is 0.991. The van der Waals surface area contributed by atoms with E-state index in [2.05, 4.69) is 12.2 Å². The molecule has 0 saturated carbocycles. The Kier molecular flexibility index (Phi) is 2.39. The monoisotopic (exact) mass is 198 g/mol. The third kappa shape index (κ3) is 1.29. The molecule has 2 atom stereocenters. The van der Waals surface area contributed by atoms with E-state index in [1.54, 1.807) is 0 Å². The Balaban J connectivity index is 2.16. The number of rotatable bonds is 2. The lowest BCUT2D eigenvalue weighted by atomic mass is 9.85. The molecular weight excluding hydrogens is 180 g/mol. The molecule has 0 aromatic heterocycles. The summed E-state index contributed by atoms with van der Waals surface area (Å²) < 4.78 is 5.14. The molecule has 2 aliphatic heterocycles. The minimum Gasteiger partial charge on any atom is -0.447 e. The van der Waals surface area contributed by atoms with E-state index in [0.717, 1.165) is 26.1 Å². The first-order valence-corrected chi connectivity index (χ1v) is 5.33. The Morgan fingerprint density at radius 3 is 3.07 bits per heavy atom. The van der Waals surface area contributed by atoms with E-state index in [4.69, 9.17) is 4.74 Å². The van der Waals surface area contributed by atoms with Crippen LogP contribution in [-0.2, 0) is 4.74 Å². The van der Waals surface area contributed by atoms with Crippen molar-refractivity contribution in [2.75, 3.05) is 26.2 Å². The fourth-order valence-corrected chi connectivity index (χ4v) is 2.59. The van der Waals surface area contributed by atoms with Gasteiger partial charge in [0, 0.05) is 13.1 Å². The second-order valence-corrected chi connectivity index (χ2v) is 4.35. The van der Waals surface area contributed by atoms with Crippen LogP contribution in [0.2, 0.25) is 0 Å². The summed E-state index contributed by atoms with van der Waals surface area (Å²) in [4.78, 5) is 13.3. The van der Waals surface area contributed by atoms with E-state index in [1.165, 1.54) is 0 Å². The minimum absolute atomic E-state index is 0.0880. The lowest BCUT2D eigenvalue weighted by Crippen LogP contribution is -2.50. The predicted octanol–water partition coefficient (Wildman–Crippen LogP) is 0.827. The maximum absolute atomic E-state index is 11.5. The van der Waals surface area contributed by atoms with E-state index in [0.29, 0.717) is 12.5 Å². The molecule has 0 aromatic carbocycles. The molecule has 4 heteroatoms. The van der Waals surface area contributed by atoms with Gasteiger partial charge in [0.2, 0.25) is 0 Å². The number of hydrogen-bond acceptors (Lipinski definition) is 3. The second kappa shape index (κ2) is 3.42. The van der Waals surface area contributed by atoms with Crippen LogP contribution in [0.1, 0.15) is 20.3 Å². The first-order valence-electron chi connectivity index (χ1n) is 5.33. The average molecular weight is 198 g/mol. The van der Waals surface area contributed by atoms with Gasteiger partial charge in [-0.1, -0.05) is 0 Å². The van der Waals surface area contributed by atoms with Crippen molar-refractivity contribution < 1.29 is 9.53 Å². The Morgan fingerprint density at radius 2 is 2.50 bits per heavy atom. The highest BCUT2D eigenvalue weighted by Gasteiger charge is 2.48. The molecule has 0 radical (unpaired) electrons. The third-order valence-electron chi connectivity index (χ3n) is 3.58. The summed E-state index contributed by atoms with van der Waals surface area (Å²) in [5, 5.41) is 3.34. The van der Waals surface area contributed by atoms with Crippen LogP contribution in [0.5, 0.6) is 0 Å². The van der Waals surface area contributed by atoms with Gasteiger partial charge in [0.25, 0.3) is 0 Å². The van der Waals surface area contributed by atoms with Crippen molar-refractivity contribution in [1.29, 1.82) is 0 Å². The quantitative estimate of drug-likeness (QED) is 0.714. The van der Waals surface area contributed by atoms with E-state index in [9.17, 15) is 4.79 Å². The number of carbonyl (C=O) groups excluding carboxylic acids is 1. The highest BCUT2D eigenvalue weighted by atomic mass is 16.6. The van der Waals surface area contributed by atoms with Crippen molar-refractivity contribution in [3.8, 4) is 0 Å². The summed E-state index contributed by atoms with van der Waals surface area (Å²) in [5.74, 6) is 0.536. The maximum atomic E-state index is 11.5. The largest absolute Gasteiger partial charge is 0.447 e. The molecule has 1 amide bonds. The lowest BCUT2D eigenvalue weighted by molar-refractivity contribution is 0.128. The molecule has 4 nitrogen and oxygen atoms in total. The molecule has 2 rings (SSSR count). The smallest absolute Gasteiger partial charge is 0.410 e. The normalized spacial score (nSPS) is 37.7. The van der Waals surface area contributed by atoms with Crippen LogP contribution < -0.4 is 5.32 Å². The van der Waals surface area contributed by atoms with Gasteiger partial charge in [0.1, 0.15) is 6.61 Å². The zero-order valence-corrected chi connectivity index (χ0v) is 8.88. The number of nitrogens with zero attached hydrogens (tertiary/aromatic N) is 1. The van der Waals surface area contributed by atoms with Gasteiger partial charge in [-0.25, -0.2) is 4.79 Å². The Bertz CT molecular complexity index is 238. The van der Waals surface area contributed by atoms with Gasteiger partial charge < -0.3 is 10.1 Å². The first-order chi connectivity index (χ1) is 6.68. The summed E-state index contributed by atoms with van der Waals surface area (Å²) in [6.45, 7) is 7.50. The van der Waals surface area contributed by atoms with Gasteiger partial charge in [-0.2, -0.15) is 0 Å². The topological polar surface area (TPSA) is 41.6 Å². The van der Waals surface area contributed by atoms with E-state index < -0.39 is 0 Å². The van der Waals surface area contributed by atoms with Crippen molar-refractivity contribution in [1.82, 2.24) is 10.2 Å². The summed E-state index contributed by atoms with van der Waals surface area (Å²) >= 11 is 0. The minimum atomic E-state index is -0.151. The van der Waals surface area contributed by atoms with Crippen LogP contribution in [0.25, 0.3) is 0 Å². The number of amides is 1. The molecule has 0 aromatic rings. The Morgan fingerprint density at radius 1 is 1.71 bits per heavy atom. The maximum Gasteiger partial charge on any atom is 0.410 e. The van der Waals surface area contributed by atoms with Gasteiger partial charge in [0.05, 0.1) is 5.54 Å². The highest BCUT2D eigenvalue weighted by Crippen LogP contribution is 2.34. The zero-order valence-electron chi connectivity index (χ0n) is 8.88. The summed E-state index contributed by atoms with van der Waals surface area (Å²) in [5.41, 5.74) is -0.0880. The fourth-order valence-electron chi connectivity index (χ4n) is 2.59. The number of likely N-dealkylation sites (N-methyl/N-ethyl adjacent to an activating group) is 1. The van der Waals surface area contributed by atoms with Crippen LogP contribution in [0.3, 0.4) is 0 Å². The van der Waals surface area contributed by atoms with Gasteiger partial charge in [0.15, 0.2) is 0 Å². The van der Waals surface area contributed by atoms with E-state index >= 15 is 0 Å². The van der Waals surface area contributed by atoms with Gasteiger partial charge >= 0.3 is 6.09 Å². The average Bonchev–Trinajstić information content (AvgIpc) is 2.75. The van der Waals surface area contributed by atoms with Crippen molar-refractivity contribution >= 4 is 6.09 Å². The molecule has 2 fully saturated rings. The molecule has 2 unspecified atom stereocenters. The molecule has 2 saturated heterocycles. The van der Waals surface area contributed by atoms with Gasteiger partial charge in [-0.15, -0.1) is 0 Å². The zero-order chi connectivity index (χ0) is 10.2. The standard InChI is InChI=1S/C10H18N2O2/c1-3-12-9(13)14-7-10(12,2)8-4-5-11-6-8/h8,11H,3-7H2,1-2H3. The third-order valence-corrected chi connectivity index (χ3v) is 3.58. The molecule has 2 aliphatic rings. The van der Waals surface area contributed by atoms with Crippen LogP contribution in [0, 0.1) is 5.92 Å². The number of ether oxygens (including phenoxy) is 1. The number of carbonyl (C=O) groups is 1. The van der Waals surface area contributed by atoms with Crippen LogP contribution in [0.4, 0.5) is 4.79 Å². The molecule has 0 bridgehead atoms. The van der Waals surface area contributed by atoms with Crippen molar-refractivity contribution in [2.45, 2.75) is 25.8 Å². The molecule has 2 heterocycles. The van der Waals surface area contributed by atoms with E-state index in [-0.39, 0.29) is 11.6 Å². The molecular formula is C10H18N2O2. The van der Waals surface area contributed by atoms with Crippen molar-refractivity contribution in [3.63, 3.8) is 0 Å². The van der Waals surface area contributed by atoms with Crippen molar-refractivity contribution in [2.24, 2.45) is 5.92 Å². The van der Waals surface area contributed by atoms with E-state index in [1.807, 2.05) is 11.8 Å². The molecule has 14 heavy (non-hydrogen) atoms. The van der Waals surface area contributed by atoms with Crippen LogP contribution in [-0.4, -0.2) is 42.8 Å². The Hall–Kier alpha value is -0.770. The number of hydrogen-bond donors (Lipinski definition) is 1. The Labute approximate surface area is 84.6 Å². The van der Waals surface area contributed by atoms with Crippen LogP contribution in [0.15, 0.2) is 0 Å². The molecule has 80 valence electrons. The predicted molar refractivity (Wildman–Crippen MR) is 53.1 cm³/mol. The van der Waals surface area contributed by atoms with Crippen LogP contribution >= 0.6 is 0 Å². The van der Waals surface area contributed by atoms with Crippen molar-refractivity contribution in [3.05, 3.63) is 0 Å². The SMILES string of the molecule is CCN1C(=O)OCC1(C)C1CCNC1. The van der Waals surface area contributed by atoms with Gasteiger partial charge in [-0.3, -0.25) is 4.90 Å². The molecule has 1 N–H and O–H groups in total. The summed E-state index contributed by atoms with van der Waals surface area (Å²) in [7, 11) is 0. The first kappa shape index (κ1) is 9.77. The molecule has 0 spiro atoms. The summed E-state index contributed by atoms with van der Waals surface area (Å²) in [6, 6.07) is 0.